The number of carbonyl (C=O) groups is 1. The topological polar surface area (TPSA) is 69.7 Å². The summed E-state index contributed by atoms with van der Waals surface area (Å²) in [5.41, 5.74) is 0. The quantitative estimate of drug-likeness (QED) is 0.490. The van der Waals surface area contributed by atoms with Gasteiger partial charge < -0.3 is 4.74 Å². The van der Waals surface area contributed by atoms with Crippen molar-refractivity contribution in [1.29, 1.82) is 0 Å². The van der Waals surface area contributed by atoms with E-state index in [-0.39, 0.29) is 13.2 Å². The minimum Gasteiger partial charge on any atom is -0.465 e. The Morgan fingerprint density at radius 2 is 1.73 bits per heavy atom. The molecule has 90 valence electrons. The molecule has 0 N–H and O–H groups in total. The normalized spacial score (nSPS) is 13.5. The highest BCUT2D eigenvalue weighted by atomic mass is 32.2. The van der Waals surface area contributed by atoms with Crippen LogP contribution in [0.5, 0.6) is 0 Å². The Morgan fingerprint density at radius 1 is 1.20 bits per heavy atom. The van der Waals surface area contributed by atoms with Gasteiger partial charge in [-0.05, 0) is 19.8 Å². The van der Waals surface area contributed by atoms with Crippen LogP contribution in [0.15, 0.2) is 0 Å². The van der Waals surface area contributed by atoms with Crippen LogP contribution in [0.25, 0.3) is 0 Å². The van der Waals surface area contributed by atoms with Crippen molar-refractivity contribution in [3.05, 3.63) is 0 Å². The standard InChI is InChI=1S/C9H18O5S/c1-4-6-13-9(10)8(3)15(11,12)14-7-5-2/h8H,4-7H2,1-3H3. The molecule has 0 bridgehead atoms. The molecule has 6 heteroatoms. The third kappa shape index (κ3) is 5.13. The lowest BCUT2D eigenvalue weighted by molar-refractivity contribution is -0.142. The van der Waals surface area contributed by atoms with E-state index in [1.807, 2.05) is 6.92 Å². The number of ether oxygens (including phenoxy) is 1. The molecule has 0 amide bonds. The summed E-state index contributed by atoms with van der Waals surface area (Å²) in [5.74, 6) is -0.757. The van der Waals surface area contributed by atoms with Gasteiger partial charge in [-0.25, -0.2) is 0 Å². The molecule has 0 saturated carbocycles. The zero-order valence-corrected chi connectivity index (χ0v) is 10.2. The molecule has 5 nitrogen and oxygen atoms in total. The Hall–Kier alpha value is -0.620. The van der Waals surface area contributed by atoms with E-state index < -0.39 is 21.3 Å². The first-order valence-corrected chi connectivity index (χ1v) is 6.47. The van der Waals surface area contributed by atoms with Gasteiger partial charge in [-0.1, -0.05) is 13.8 Å². The molecule has 15 heavy (non-hydrogen) atoms. The van der Waals surface area contributed by atoms with Crippen LogP contribution in [0.4, 0.5) is 0 Å². The van der Waals surface area contributed by atoms with E-state index in [4.69, 9.17) is 4.74 Å². The molecule has 0 aliphatic rings. The fourth-order valence-corrected chi connectivity index (χ4v) is 1.65. The molecule has 0 aromatic rings. The zero-order valence-electron chi connectivity index (χ0n) is 9.36. The van der Waals surface area contributed by atoms with Gasteiger partial charge in [0.2, 0.25) is 0 Å². The van der Waals surface area contributed by atoms with Crippen LogP contribution in [0.2, 0.25) is 0 Å². The van der Waals surface area contributed by atoms with Crippen molar-refractivity contribution >= 4 is 16.1 Å². The Bertz CT molecular complexity index is 283. The minimum absolute atomic E-state index is 0.0910. The third-order valence-electron chi connectivity index (χ3n) is 1.67. The number of hydrogen-bond donors (Lipinski definition) is 0. The van der Waals surface area contributed by atoms with E-state index >= 15 is 0 Å². The summed E-state index contributed by atoms with van der Waals surface area (Å²) in [6.45, 7) is 5.21. The van der Waals surface area contributed by atoms with E-state index in [0.29, 0.717) is 12.8 Å². The van der Waals surface area contributed by atoms with Gasteiger partial charge in [0.05, 0.1) is 13.2 Å². The Morgan fingerprint density at radius 3 is 2.20 bits per heavy atom. The second-order valence-electron chi connectivity index (χ2n) is 3.12. The third-order valence-corrected chi connectivity index (χ3v) is 3.22. The summed E-state index contributed by atoms with van der Waals surface area (Å²) in [4.78, 5) is 11.2. The van der Waals surface area contributed by atoms with Gasteiger partial charge in [0, 0.05) is 0 Å². The SMILES string of the molecule is CCCOC(=O)C(C)S(=O)(=O)OCCC. The molecular formula is C9H18O5S. The number of rotatable bonds is 7. The van der Waals surface area contributed by atoms with Crippen molar-refractivity contribution in [3.8, 4) is 0 Å². The maximum atomic E-state index is 11.4. The van der Waals surface area contributed by atoms with Gasteiger partial charge in [-0.2, -0.15) is 8.42 Å². The molecule has 0 aliphatic heterocycles. The van der Waals surface area contributed by atoms with Crippen LogP contribution >= 0.6 is 0 Å². The number of hydrogen-bond acceptors (Lipinski definition) is 5. The van der Waals surface area contributed by atoms with Crippen molar-refractivity contribution in [2.75, 3.05) is 13.2 Å². The highest BCUT2D eigenvalue weighted by Gasteiger charge is 2.30. The lowest BCUT2D eigenvalue weighted by Crippen LogP contribution is -2.31. The van der Waals surface area contributed by atoms with Crippen LogP contribution in [-0.4, -0.2) is 32.9 Å². The van der Waals surface area contributed by atoms with Crippen molar-refractivity contribution in [2.45, 2.75) is 38.9 Å². The molecule has 0 spiro atoms. The average Bonchev–Trinajstić information content (AvgIpc) is 2.21. The molecule has 0 aromatic heterocycles. The summed E-state index contributed by atoms with van der Waals surface area (Å²) < 4.78 is 32.1. The minimum atomic E-state index is -3.83. The van der Waals surface area contributed by atoms with Gasteiger partial charge in [0.1, 0.15) is 0 Å². The molecule has 0 rings (SSSR count). The molecule has 0 aliphatic carbocycles. The van der Waals surface area contributed by atoms with Crippen molar-refractivity contribution < 1.29 is 22.1 Å². The first-order chi connectivity index (χ1) is 6.95. The van der Waals surface area contributed by atoms with E-state index in [0.717, 1.165) is 0 Å². The van der Waals surface area contributed by atoms with Crippen LogP contribution in [0.1, 0.15) is 33.6 Å². The number of esters is 1. The molecule has 1 unspecified atom stereocenters. The lowest BCUT2D eigenvalue weighted by atomic mass is 10.5. The fraction of sp³-hybridized carbons (Fsp3) is 0.889. The average molecular weight is 238 g/mol. The van der Waals surface area contributed by atoms with Crippen molar-refractivity contribution in [3.63, 3.8) is 0 Å². The highest BCUT2D eigenvalue weighted by Crippen LogP contribution is 2.06. The van der Waals surface area contributed by atoms with E-state index in [9.17, 15) is 13.2 Å². The first kappa shape index (κ1) is 14.4. The molecule has 0 heterocycles. The Kier molecular flexibility index (Phi) is 6.51. The van der Waals surface area contributed by atoms with Gasteiger partial charge >= 0.3 is 5.97 Å². The Labute approximate surface area is 90.9 Å². The van der Waals surface area contributed by atoms with Crippen LogP contribution in [0.3, 0.4) is 0 Å². The fourth-order valence-electron chi connectivity index (χ4n) is 0.739. The molecule has 0 fully saturated rings. The van der Waals surface area contributed by atoms with Gasteiger partial charge in [-0.3, -0.25) is 8.98 Å². The molecule has 0 radical (unpaired) electrons. The molecule has 1 atom stereocenters. The van der Waals surface area contributed by atoms with Crippen molar-refractivity contribution in [2.24, 2.45) is 0 Å². The molecule has 0 aromatic carbocycles. The Balaban J connectivity index is 4.28. The first-order valence-electron chi connectivity index (χ1n) is 5.00. The maximum Gasteiger partial charge on any atom is 0.326 e. The van der Waals surface area contributed by atoms with Crippen LogP contribution in [0, 0.1) is 0 Å². The summed E-state index contributed by atoms with van der Waals surface area (Å²) in [5, 5.41) is -1.25. The largest absolute Gasteiger partial charge is 0.465 e. The van der Waals surface area contributed by atoms with E-state index in [1.54, 1.807) is 6.92 Å². The van der Waals surface area contributed by atoms with E-state index in [1.165, 1.54) is 6.92 Å². The second-order valence-corrected chi connectivity index (χ2v) is 5.05. The van der Waals surface area contributed by atoms with Crippen LogP contribution in [-0.2, 0) is 23.8 Å². The summed E-state index contributed by atoms with van der Waals surface area (Å²) in [6, 6.07) is 0. The highest BCUT2D eigenvalue weighted by molar-refractivity contribution is 7.88. The van der Waals surface area contributed by atoms with Gasteiger partial charge in [-0.15, -0.1) is 0 Å². The monoisotopic (exact) mass is 238 g/mol. The molecular weight excluding hydrogens is 220 g/mol. The van der Waals surface area contributed by atoms with Gasteiger partial charge in [0.25, 0.3) is 10.1 Å². The maximum absolute atomic E-state index is 11.4. The summed E-state index contributed by atoms with van der Waals surface area (Å²) in [7, 11) is -3.83. The summed E-state index contributed by atoms with van der Waals surface area (Å²) in [6.07, 6.45) is 1.24. The number of carbonyl (C=O) groups excluding carboxylic acids is 1. The van der Waals surface area contributed by atoms with Crippen molar-refractivity contribution in [1.82, 2.24) is 0 Å². The zero-order chi connectivity index (χ0) is 11.9. The van der Waals surface area contributed by atoms with Crippen LogP contribution < -0.4 is 0 Å². The van der Waals surface area contributed by atoms with E-state index in [2.05, 4.69) is 4.18 Å². The lowest BCUT2D eigenvalue weighted by Gasteiger charge is -2.11. The predicted molar refractivity (Wildman–Crippen MR) is 55.9 cm³/mol. The summed E-state index contributed by atoms with van der Waals surface area (Å²) >= 11 is 0. The smallest absolute Gasteiger partial charge is 0.326 e. The predicted octanol–water partition coefficient (Wildman–Crippen LogP) is 1.08. The van der Waals surface area contributed by atoms with Gasteiger partial charge in [0.15, 0.2) is 5.25 Å². The molecule has 0 saturated heterocycles. The second kappa shape index (κ2) is 6.79.